The van der Waals surface area contributed by atoms with Gasteiger partial charge in [0, 0.05) is 13.1 Å². The summed E-state index contributed by atoms with van der Waals surface area (Å²) in [5.41, 5.74) is 1.72. The van der Waals surface area contributed by atoms with Crippen molar-refractivity contribution in [1.29, 1.82) is 5.26 Å². The maximum Gasteiger partial charge on any atom is 0.240 e. The quantitative estimate of drug-likeness (QED) is 0.872. The highest BCUT2D eigenvalue weighted by Crippen LogP contribution is 2.15. The number of rotatable bonds is 5. The number of benzene rings is 1. The van der Waals surface area contributed by atoms with E-state index in [1.807, 2.05) is 17.0 Å². The molecule has 0 aliphatic carbocycles. The average molecular weight is 257 g/mol. The Morgan fingerprint density at radius 2 is 2.16 bits per heavy atom. The molecule has 0 radical (unpaired) electrons. The number of likely N-dealkylation sites (tertiary alicyclic amines) is 1. The number of carbonyl (C=O) groups is 1. The molecule has 1 aromatic carbocycles. The van der Waals surface area contributed by atoms with Crippen molar-refractivity contribution in [1.82, 2.24) is 10.2 Å². The van der Waals surface area contributed by atoms with Crippen molar-refractivity contribution in [2.45, 2.75) is 32.4 Å². The average Bonchev–Trinajstić information content (AvgIpc) is 2.78. The van der Waals surface area contributed by atoms with Crippen LogP contribution in [0.25, 0.3) is 0 Å². The van der Waals surface area contributed by atoms with Crippen LogP contribution in [-0.4, -0.2) is 29.9 Å². The van der Waals surface area contributed by atoms with Gasteiger partial charge in [-0.15, -0.1) is 0 Å². The predicted molar refractivity (Wildman–Crippen MR) is 73.3 cm³/mol. The minimum atomic E-state index is -0.0154. The summed E-state index contributed by atoms with van der Waals surface area (Å²) in [4.78, 5) is 14.0. The van der Waals surface area contributed by atoms with E-state index in [0.29, 0.717) is 12.1 Å². The van der Waals surface area contributed by atoms with E-state index in [2.05, 4.69) is 18.3 Å². The Hall–Kier alpha value is -1.86. The maximum atomic E-state index is 12.1. The van der Waals surface area contributed by atoms with E-state index < -0.39 is 0 Å². The van der Waals surface area contributed by atoms with Gasteiger partial charge in [0.05, 0.1) is 17.7 Å². The van der Waals surface area contributed by atoms with Gasteiger partial charge in [-0.05, 0) is 37.1 Å². The van der Waals surface area contributed by atoms with Crippen LogP contribution < -0.4 is 5.32 Å². The van der Waals surface area contributed by atoms with E-state index in [0.717, 1.165) is 31.5 Å². The highest BCUT2D eigenvalue weighted by Gasteiger charge is 2.30. The fourth-order valence-corrected chi connectivity index (χ4v) is 2.31. The maximum absolute atomic E-state index is 12.1. The van der Waals surface area contributed by atoms with Crippen LogP contribution in [0.15, 0.2) is 24.3 Å². The molecule has 1 atom stereocenters. The van der Waals surface area contributed by atoms with Gasteiger partial charge in [0.1, 0.15) is 0 Å². The van der Waals surface area contributed by atoms with E-state index in [-0.39, 0.29) is 11.9 Å². The molecule has 1 amide bonds. The fourth-order valence-electron chi connectivity index (χ4n) is 2.31. The Morgan fingerprint density at radius 3 is 2.79 bits per heavy atom. The second-order valence-electron chi connectivity index (χ2n) is 4.86. The Kier molecular flexibility index (Phi) is 4.53. The van der Waals surface area contributed by atoms with Gasteiger partial charge < -0.3 is 10.2 Å². The summed E-state index contributed by atoms with van der Waals surface area (Å²) in [6, 6.07) is 9.50. The first-order chi connectivity index (χ1) is 9.24. The molecule has 2 rings (SSSR count). The topological polar surface area (TPSA) is 56.1 Å². The molecular weight excluding hydrogens is 238 g/mol. The molecule has 4 heteroatoms. The lowest BCUT2D eigenvalue weighted by Gasteiger charge is -2.17. The van der Waals surface area contributed by atoms with Gasteiger partial charge in [-0.3, -0.25) is 4.79 Å². The highest BCUT2D eigenvalue weighted by atomic mass is 16.2. The number of carbonyl (C=O) groups excluding carboxylic acids is 1. The number of nitriles is 1. The summed E-state index contributed by atoms with van der Waals surface area (Å²) in [5.74, 6) is 0.192. The zero-order chi connectivity index (χ0) is 13.7. The first kappa shape index (κ1) is 13.6. The number of hydrogen-bond acceptors (Lipinski definition) is 3. The lowest BCUT2D eigenvalue weighted by molar-refractivity contribution is -0.129. The Morgan fingerprint density at radius 1 is 1.42 bits per heavy atom. The van der Waals surface area contributed by atoms with E-state index in [1.54, 1.807) is 12.1 Å². The molecule has 19 heavy (non-hydrogen) atoms. The Balaban J connectivity index is 1.93. The molecule has 1 saturated heterocycles. The lowest BCUT2D eigenvalue weighted by Crippen LogP contribution is -2.38. The third-order valence-electron chi connectivity index (χ3n) is 3.39. The van der Waals surface area contributed by atoms with Gasteiger partial charge >= 0.3 is 0 Å². The normalized spacial score (nSPS) is 18.6. The zero-order valence-corrected chi connectivity index (χ0v) is 11.2. The summed E-state index contributed by atoms with van der Waals surface area (Å²) in [7, 11) is 0. The van der Waals surface area contributed by atoms with Crippen LogP contribution in [0.4, 0.5) is 0 Å². The molecule has 100 valence electrons. The Bertz CT molecular complexity index is 475. The highest BCUT2D eigenvalue weighted by molar-refractivity contribution is 5.83. The minimum absolute atomic E-state index is 0.0154. The molecular formula is C15H19N3O. The molecule has 1 N–H and O–H groups in total. The van der Waals surface area contributed by atoms with Crippen LogP contribution >= 0.6 is 0 Å². The largest absolute Gasteiger partial charge is 0.337 e. The van der Waals surface area contributed by atoms with Crippen molar-refractivity contribution in [2.75, 3.05) is 13.1 Å². The molecule has 0 saturated carbocycles. The monoisotopic (exact) mass is 257 g/mol. The van der Waals surface area contributed by atoms with Crippen LogP contribution in [0.1, 0.15) is 30.9 Å². The minimum Gasteiger partial charge on any atom is -0.337 e. The second-order valence-corrected chi connectivity index (χ2v) is 4.86. The van der Waals surface area contributed by atoms with Gasteiger partial charge in [0.15, 0.2) is 0 Å². The van der Waals surface area contributed by atoms with Crippen molar-refractivity contribution in [3.05, 3.63) is 35.4 Å². The molecule has 1 heterocycles. The predicted octanol–water partition coefficient (Wildman–Crippen LogP) is 1.66. The summed E-state index contributed by atoms with van der Waals surface area (Å²) in [6.45, 7) is 4.43. The van der Waals surface area contributed by atoms with Crippen LogP contribution in [0.3, 0.4) is 0 Å². The van der Waals surface area contributed by atoms with E-state index in [9.17, 15) is 4.79 Å². The van der Waals surface area contributed by atoms with Gasteiger partial charge in [0.2, 0.25) is 5.91 Å². The van der Waals surface area contributed by atoms with E-state index in [1.165, 1.54) is 0 Å². The van der Waals surface area contributed by atoms with Crippen LogP contribution in [0.5, 0.6) is 0 Å². The molecule has 1 aliphatic heterocycles. The van der Waals surface area contributed by atoms with Gasteiger partial charge in [-0.25, -0.2) is 0 Å². The molecule has 1 fully saturated rings. The molecule has 1 unspecified atom stereocenters. The fraction of sp³-hybridized carbons (Fsp3) is 0.467. The molecule has 0 spiro atoms. The van der Waals surface area contributed by atoms with Crippen LogP contribution in [-0.2, 0) is 11.3 Å². The van der Waals surface area contributed by atoms with Crippen LogP contribution in [0.2, 0.25) is 0 Å². The van der Waals surface area contributed by atoms with Crippen LogP contribution in [0, 0.1) is 11.3 Å². The van der Waals surface area contributed by atoms with Gasteiger partial charge in [-0.2, -0.15) is 5.26 Å². The number of amides is 1. The number of nitrogens with zero attached hydrogens (tertiary/aromatic N) is 2. The molecule has 1 aliphatic rings. The molecule has 4 nitrogen and oxygen atoms in total. The number of hydrogen-bond donors (Lipinski definition) is 1. The van der Waals surface area contributed by atoms with Gasteiger partial charge in [-0.1, -0.05) is 19.1 Å². The summed E-state index contributed by atoms with van der Waals surface area (Å²) in [6.07, 6.45) is 1.93. The van der Waals surface area contributed by atoms with Crippen molar-refractivity contribution >= 4 is 5.91 Å². The van der Waals surface area contributed by atoms with E-state index >= 15 is 0 Å². The first-order valence-electron chi connectivity index (χ1n) is 6.75. The zero-order valence-electron chi connectivity index (χ0n) is 11.2. The molecule has 0 aromatic heterocycles. The van der Waals surface area contributed by atoms with Crippen molar-refractivity contribution in [3.8, 4) is 6.07 Å². The standard InChI is InChI=1S/C15H19N3O/c1-2-8-17-14-7-9-18(15(14)19)11-13-5-3-12(10-16)4-6-13/h3-6,14,17H,2,7-9,11H2,1H3. The summed E-state index contributed by atoms with van der Waals surface area (Å²) >= 11 is 0. The SMILES string of the molecule is CCCNC1CCN(Cc2ccc(C#N)cc2)C1=O. The van der Waals surface area contributed by atoms with Crippen molar-refractivity contribution in [3.63, 3.8) is 0 Å². The van der Waals surface area contributed by atoms with Crippen molar-refractivity contribution in [2.24, 2.45) is 0 Å². The third kappa shape index (κ3) is 3.33. The number of nitrogens with one attached hydrogen (secondary N) is 1. The van der Waals surface area contributed by atoms with Crippen molar-refractivity contribution < 1.29 is 4.79 Å². The summed E-state index contributed by atoms with van der Waals surface area (Å²) < 4.78 is 0. The second kappa shape index (κ2) is 6.35. The third-order valence-corrected chi connectivity index (χ3v) is 3.39. The molecule has 1 aromatic rings. The first-order valence-corrected chi connectivity index (χ1v) is 6.75. The smallest absolute Gasteiger partial charge is 0.240 e. The Labute approximate surface area is 114 Å². The lowest BCUT2D eigenvalue weighted by atomic mass is 10.1. The van der Waals surface area contributed by atoms with Gasteiger partial charge in [0.25, 0.3) is 0 Å². The van der Waals surface area contributed by atoms with E-state index in [4.69, 9.17) is 5.26 Å². The molecule has 0 bridgehead atoms. The summed E-state index contributed by atoms with van der Waals surface area (Å²) in [5, 5.41) is 12.0.